The van der Waals surface area contributed by atoms with Crippen LogP contribution in [0, 0.1) is 18.3 Å². The van der Waals surface area contributed by atoms with Gasteiger partial charge in [0.1, 0.15) is 0 Å². The second-order valence-electron chi connectivity index (χ2n) is 4.48. The Morgan fingerprint density at radius 2 is 1.71 bits per heavy atom. The number of nitrogens with one attached hydrogen (secondary N) is 1. The number of nitrogens with zero attached hydrogens (tertiary/aromatic N) is 1. The number of carboxylic acids is 1. The summed E-state index contributed by atoms with van der Waals surface area (Å²) in [6.45, 7) is 1.72. The molecule has 5 heteroatoms. The van der Waals surface area contributed by atoms with Crippen molar-refractivity contribution in [3.8, 4) is 6.07 Å². The molecule has 2 aromatic rings. The summed E-state index contributed by atoms with van der Waals surface area (Å²) in [7, 11) is 0. The molecule has 2 N–H and O–H groups in total. The van der Waals surface area contributed by atoms with Crippen LogP contribution in [0.5, 0.6) is 0 Å². The van der Waals surface area contributed by atoms with Crippen molar-refractivity contribution in [3.63, 3.8) is 0 Å². The van der Waals surface area contributed by atoms with Crippen molar-refractivity contribution in [1.29, 1.82) is 5.26 Å². The Morgan fingerprint density at radius 3 is 2.24 bits per heavy atom. The number of hydrogen-bond donors (Lipinski definition) is 2. The fraction of sp³-hybridized carbons (Fsp3) is 0.0625. The van der Waals surface area contributed by atoms with Crippen molar-refractivity contribution in [2.75, 3.05) is 5.32 Å². The van der Waals surface area contributed by atoms with E-state index in [1.165, 1.54) is 12.1 Å². The van der Waals surface area contributed by atoms with Gasteiger partial charge in [0.2, 0.25) is 0 Å². The number of nitriles is 1. The topological polar surface area (TPSA) is 90.2 Å². The van der Waals surface area contributed by atoms with E-state index in [9.17, 15) is 9.59 Å². The van der Waals surface area contributed by atoms with E-state index < -0.39 is 5.97 Å². The van der Waals surface area contributed by atoms with Crippen molar-refractivity contribution < 1.29 is 14.7 Å². The Balaban J connectivity index is 2.19. The maximum atomic E-state index is 12.1. The summed E-state index contributed by atoms with van der Waals surface area (Å²) in [6, 6.07) is 12.7. The van der Waals surface area contributed by atoms with Crippen LogP contribution in [0.2, 0.25) is 0 Å². The van der Waals surface area contributed by atoms with E-state index in [0.717, 1.165) is 0 Å². The molecular weight excluding hydrogens is 268 g/mol. The average molecular weight is 280 g/mol. The van der Waals surface area contributed by atoms with Gasteiger partial charge in [-0.05, 0) is 55.0 Å². The molecule has 2 rings (SSSR count). The highest BCUT2D eigenvalue weighted by molar-refractivity contribution is 6.05. The Kier molecular flexibility index (Phi) is 4.00. The van der Waals surface area contributed by atoms with Crippen molar-refractivity contribution in [1.82, 2.24) is 0 Å². The lowest BCUT2D eigenvalue weighted by molar-refractivity contribution is 0.0696. The van der Waals surface area contributed by atoms with Gasteiger partial charge in [0, 0.05) is 11.3 Å². The quantitative estimate of drug-likeness (QED) is 0.904. The minimum atomic E-state index is -1.01. The Bertz CT molecular complexity index is 743. The van der Waals surface area contributed by atoms with Gasteiger partial charge in [-0.15, -0.1) is 0 Å². The normalized spacial score (nSPS) is 9.71. The molecule has 0 aliphatic heterocycles. The number of rotatable bonds is 3. The highest BCUT2D eigenvalue weighted by atomic mass is 16.4. The molecule has 0 saturated carbocycles. The summed E-state index contributed by atoms with van der Waals surface area (Å²) < 4.78 is 0. The van der Waals surface area contributed by atoms with Crippen LogP contribution in [0.4, 0.5) is 5.69 Å². The summed E-state index contributed by atoms with van der Waals surface area (Å²) in [6.07, 6.45) is 0. The number of carbonyl (C=O) groups excluding carboxylic acids is 1. The van der Waals surface area contributed by atoms with Crippen LogP contribution in [0.1, 0.15) is 31.8 Å². The van der Waals surface area contributed by atoms with Crippen LogP contribution in [-0.4, -0.2) is 17.0 Å². The minimum Gasteiger partial charge on any atom is -0.478 e. The second-order valence-corrected chi connectivity index (χ2v) is 4.48. The monoisotopic (exact) mass is 280 g/mol. The first-order valence-electron chi connectivity index (χ1n) is 6.16. The summed E-state index contributed by atoms with van der Waals surface area (Å²) in [5.74, 6) is -1.33. The molecule has 0 aromatic heterocycles. The van der Waals surface area contributed by atoms with Gasteiger partial charge in [0.15, 0.2) is 0 Å². The molecule has 0 bridgehead atoms. The van der Waals surface area contributed by atoms with E-state index in [4.69, 9.17) is 10.4 Å². The second kappa shape index (κ2) is 5.88. The standard InChI is InChI=1S/C16H12N2O3/c1-10-8-13(16(20)21)6-7-14(10)18-15(19)12-4-2-11(9-17)3-5-12/h2-8H,1H3,(H,18,19)(H,20,21). The van der Waals surface area contributed by atoms with Gasteiger partial charge in [-0.1, -0.05) is 0 Å². The molecule has 0 saturated heterocycles. The van der Waals surface area contributed by atoms with Crippen LogP contribution in [0.15, 0.2) is 42.5 Å². The third-order valence-electron chi connectivity index (χ3n) is 3.00. The predicted molar refractivity (Wildman–Crippen MR) is 77.2 cm³/mol. The molecule has 0 aliphatic carbocycles. The molecule has 0 fully saturated rings. The van der Waals surface area contributed by atoms with Crippen LogP contribution in [0.25, 0.3) is 0 Å². The maximum Gasteiger partial charge on any atom is 0.335 e. The van der Waals surface area contributed by atoms with Crippen molar-refractivity contribution in [3.05, 3.63) is 64.7 Å². The number of anilines is 1. The highest BCUT2D eigenvalue weighted by Gasteiger charge is 2.10. The van der Waals surface area contributed by atoms with Gasteiger partial charge >= 0.3 is 5.97 Å². The molecule has 0 heterocycles. The molecule has 104 valence electrons. The zero-order valence-electron chi connectivity index (χ0n) is 11.3. The van der Waals surface area contributed by atoms with Gasteiger partial charge in [0.05, 0.1) is 17.2 Å². The number of carbonyl (C=O) groups is 2. The van der Waals surface area contributed by atoms with E-state index in [-0.39, 0.29) is 11.5 Å². The third-order valence-corrected chi connectivity index (χ3v) is 3.00. The maximum absolute atomic E-state index is 12.1. The van der Waals surface area contributed by atoms with Crippen molar-refractivity contribution in [2.45, 2.75) is 6.92 Å². The van der Waals surface area contributed by atoms with Gasteiger partial charge in [-0.25, -0.2) is 4.79 Å². The first-order valence-corrected chi connectivity index (χ1v) is 6.16. The molecule has 21 heavy (non-hydrogen) atoms. The fourth-order valence-electron chi connectivity index (χ4n) is 1.83. The Hall–Kier alpha value is -3.13. The first kappa shape index (κ1) is 14.3. The lowest BCUT2D eigenvalue weighted by atomic mass is 10.1. The van der Waals surface area contributed by atoms with Crippen LogP contribution >= 0.6 is 0 Å². The molecule has 0 unspecified atom stereocenters. The highest BCUT2D eigenvalue weighted by Crippen LogP contribution is 2.18. The smallest absolute Gasteiger partial charge is 0.335 e. The van der Waals surface area contributed by atoms with E-state index in [0.29, 0.717) is 22.4 Å². The van der Waals surface area contributed by atoms with Crippen molar-refractivity contribution >= 4 is 17.6 Å². The minimum absolute atomic E-state index is 0.170. The van der Waals surface area contributed by atoms with E-state index in [2.05, 4.69) is 5.32 Å². The number of aromatic carboxylic acids is 1. The first-order chi connectivity index (χ1) is 10.0. The zero-order chi connectivity index (χ0) is 15.4. The molecule has 2 aromatic carbocycles. The number of aryl methyl sites for hydroxylation is 1. The number of hydrogen-bond acceptors (Lipinski definition) is 3. The molecule has 0 radical (unpaired) electrons. The van der Waals surface area contributed by atoms with E-state index >= 15 is 0 Å². The fourth-order valence-corrected chi connectivity index (χ4v) is 1.83. The van der Waals surface area contributed by atoms with Crippen LogP contribution in [-0.2, 0) is 0 Å². The lowest BCUT2D eigenvalue weighted by Gasteiger charge is -2.09. The average Bonchev–Trinajstić information content (AvgIpc) is 2.49. The SMILES string of the molecule is Cc1cc(C(=O)O)ccc1NC(=O)c1ccc(C#N)cc1. The van der Waals surface area contributed by atoms with Gasteiger partial charge < -0.3 is 10.4 Å². The van der Waals surface area contributed by atoms with Gasteiger partial charge in [-0.3, -0.25) is 4.79 Å². The molecular formula is C16H12N2O3. The van der Waals surface area contributed by atoms with Crippen LogP contribution < -0.4 is 5.32 Å². The predicted octanol–water partition coefficient (Wildman–Crippen LogP) is 2.82. The van der Waals surface area contributed by atoms with Gasteiger partial charge in [-0.2, -0.15) is 5.26 Å². The molecule has 0 atom stereocenters. The van der Waals surface area contributed by atoms with E-state index in [1.54, 1.807) is 37.3 Å². The number of benzene rings is 2. The summed E-state index contributed by atoms with van der Waals surface area (Å²) >= 11 is 0. The summed E-state index contributed by atoms with van der Waals surface area (Å²) in [4.78, 5) is 22.9. The molecule has 0 spiro atoms. The molecule has 0 aliphatic rings. The lowest BCUT2D eigenvalue weighted by Crippen LogP contribution is -2.13. The number of amides is 1. The third kappa shape index (κ3) is 3.25. The zero-order valence-corrected chi connectivity index (χ0v) is 11.3. The molecule has 5 nitrogen and oxygen atoms in total. The molecule has 1 amide bonds. The van der Waals surface area contributed by atoms with Gasteiger partial charge in [0.25, 0.3) is 5.91 Å². The van der Waals surface area contributed by atoms with Crippen molar-refractivity contribution in [2.24, 2.45) is 0 Å². The number of carboxylic acid groups (broad SMARTS) is 1. The van der Waals surface area contributed by atoms with Crippen LogP contribution in [0.3, 0.4) is 0 Å². The Labute approximate surface area is 121 Å². The summed E-state index contributed by atoms with van der Waals surface area (Å²) in [5, 5.41) is 20.3. The van der Waals surface area contributed by atoms with E-state index in [1.807, 2.05) is 6.07 Å². The Morgan fingerprint density at radius 1 is 1.10 bits per heavy atom. The largest absolute Gasteiger partial charge is 0.478 e. The summed E-state index contributed by atoms with van der Waals surface area (Å²) in [5.41, 5.74) is 2.29.